The minimum atomic E-state index is -0.761. The zero-order valence-electron chi connectivity index (χ0n) is 7.06. The molecule has 0 aromatic heterocycles. The highest BCUT2D eigenvalue weighted by molar-refractivity contribution is 5.96. The number of rotatable bonds is 1. The molecule has 14 heavy (non-hydrogen) atoms. The maximum absolute atomic E-state index is 11.1. The molecule has 1 fully saturated rings. The Bertz CT molecular complexity index is 384. The number of alkyl carbamates (subject to hydrolysis) is 1. The number of hydrogen-bond donors (Lipinski definition) is 2. The molecular formula is C9H7NO4. The van der Waals surface area contributed by atoms with Gasteiger partial charge in [-0.2, -0.15) is 0 Å². The van der Waals surface area contributed by atoms with Crippen molar-refractivity contribution in [3.05, 3.63) is 29.8 Å². The standard InChI is InChI=1S/C9H7NO4/c11-6-3-1-5(2-4-6)7-8(12)14-9(13)10-7/h1-4,7,11H,(H,10,13). The lowest BCUT2D eigenvalue weighted by molar-refractivity contribution is -0.135. The van der Waals surface area contributed by atoms with Crippen LogP contribution >= 0.6 is 0 Å². The van der Waals surface area contributed by atoms with Crippen molar-refractivity contribution in [1.29, 1.82) is 0 Å². The average Bonchev–Trinajstić information content (AvgIpc) is 2.47. The number of nitrogens with one attached hydrogen (secondary N) is 1. The molecule has 0 bridgehead atoms. The summed E-state index contributed by atoms with van der Waals surface area (Å²) >= 11 is 0. The van der Waals surface area contributed by atoms with Gasteiger partial charge in [-0.15, -0.1) is 0 Å². The number of cyclic esters (lactones) is 2. The second-order valence-corrected chi connectivity index (χ2v) is 2.88. The minimum absolute atomic E-state index is 0.103. The first-order valence-electron chi connectivity index (χ1n) is 3.98. The number of carbonyl (C=O) groups excluding carboxylic acids is 2. The zero-order valence-corrected chi connectivity index (χ0v) is 7.06. The van der Waals surface area contributed by atoms with Crippen LogP contribution in [0.25, 0.3) is 0 Å². The van der Waals surface area contributed by atoms with Gasteiger partial charge in [0.15, 0.2) is 6.04 Å². The Hall–Kier alpha value is -2.04. The van der Waals surface area contributed by atoms with Gasteiger partial charge in [0.1, 0.15) is 5.75 Å². The molecule has 72 valence electrons. The van der Waals surface area contributed by atoms with Crippen LogP contribution in [0.5, 0.6) is 5.75 Å². The highest BCUT2D eigenvalue weighted by atomic mass is 16.6. The van der Waals surface area contributed by atoms with Gasteiger partial charge in [0, 0.05) is 0 Å². The first kappa shape index (κ1) is 8.55. The molecule has 1 aliphatic rings. The highest BCUT2D eigenvalue weighted by Gasteiger charge is 2.33. The molecule has 1 saturated heterocycles. The molecule has 1 aromatic rings. The Morgan fingerprint density at radius 3 is 2.36 bits per heavy atom. The fraction of sp³-hybridized carbons (Fsp3) is 0.111. The van der Waals surface area contributed by atoms with Gasteiger partial charge in [-0.05, 0) is 17.7 Å². The number of amides is 1. The predicted octanol–water partition coefficient (Wildman–Crippen LogP) is 0.700. The number of hydrogen-bond acceptors (Lipinski definition) is 4. The van der Waals surface area contributed by atoms with Crippen molar-refractivity contribution in [3.63, 3.8) is 0 Å². The van der Waals surface area contributed by atoms with Crippen LogP contribution in [0, 0.1) is 0 Å². The topological polar surface area (TPSA) is 75.6 Å². The van der Waals surface area contributed by atoms with Crippen molar-refractivity contribution in [3.8, 4) is 5.75 Å². The molecule has 2 N–H and O–H groups in total. The van der Waals surface area contributed by atoms with Crippen LogP contribution in [-0.4, -0.2) is 17.2 Å². The van der Waals surface area contributed by atoms with Crippen LogP contribution in [0.3, 0.4) is 0 Å². The minimum Gasteiger partial charge on any atom is -0.508 e. The molecule has 1 amide bonds. The molecule has 1 aliphatic heterocycles. The number of carbonyl (C=O) groups is 2. The van der Waals surface area contributed by atoms with Crippen LogP contribution in [-0.2, 0) is 9.53 Å². The Morgan fingerprint density at radius 2 is 1.86 bits per heavy atom. The molecule has 5 nitrogen and oxygen atoms in total. The number of phenolic OH excluding ortho intramolecular Hbond substituents is 1. The molecule has 1 atom stereocenters. The van der Waals surface area contributed by atoms with Gasteiger partial charge >= 0.3 is 12.1 Å². The summed E-state index contributed by atoms with van der Waals surface area (Å²) in [7, 11) is 0. The van der Waals surface area contributed by atoms with E-state index in [4.69, 9.17) is 5.11 Å². The molecule has 5 heteroatoms. The van der Waals surface area contributed by atoms with Crippen LogP contribution < -0.4 is 5.32 Å². The van der Waals surface area contributed by atoms with E-state index in [9.17, 15) is 9.59 Å². The summed E-state index contributed by atoms with van der Waals surface area (Å²) in [6.07, 6.45) is -0.743. The van der Waals surface area contributed by atoms with E-state index < -0.39 is 18.1 Å². The monoisotopic (exact) mass is 193 g/mol. The van der Waals surface area contributed by atoms with Crippen molar-refractivity contribution in [2.75, 3.05) is 0 Å². The fourth-order valence-corrected chi connectivity index (χ4v) is 1.24. The number of esters is 1. The molecule has 2 rings (SSSR count). The van der Waals surface area contributed by atoms with Crippen molar-refractivity contribution < 1.29 is 19.4 Å². The molecule has 0 saturated carbocycles. The van der Waals surface area contributed by atoms with Crippen LogP contribution in [0.1, 0.15) is 11.6 Å². The Labute approximate surface area is 79.3 Å². The lowest BCUT2D eigenvalue weighted by Gasteiger charge is -2.04. The van der Waals surface area contributed by atoms with E-state index in [1.54, 1.807) is 12.1 Å². The van der Waals surface area contributed by atoms with E-state index in [0.29, 0.717) is 5.56 Å². The lowest BCUT2D eigenvalue weighted by atomic mass is 10.1. The SMILES string of the molecule is O=C1NC(c2ccc(O)cc2)C(=O)O1. The number of phenols is 1. The smallest absolute Gasteiger partial charge is 0.415 e. The normalized spacial score (nSPS) is 20.4. The van der Waals surface area contributed by atoms with Gasteiger partial charge in [0.25, 0.3) is 0 Å². The molecule has 0 spiro atoms. The van der Waals surface area contributed by atoms with E-state index in [-0.39, 0.29) is 5.75 Å². The van der Waals surface area contributed by atoms with Crippen LogP contribution in [0.4, 0.5) is 4.79 Å². The molecule has 1 heterocycles. The van der Waals surface area contributed by atoms with Crippen molar-refractivity contribution in [2.24, 2.45) is 0 Å². The maximum atomic E-state index is 11.1. The molecule has 0 radical (unpaired) electrons. The summed E-state index contributed by atoms with van der Waals surface area (Å²) in [5.41, 5.74) is 0.582. The van der Waals surface area contributed by atoms with Gasteiger partial charge in [-0.3, -0.25) is 0 Å². The summed E-state index contributed by atoms with van der Waals surface area (Å²) in [5.74, 6) is -0.521. The number of ether oxygens (including phenoxy) is 1. The molecule has 1 unspecified atom stereocenters. The highest BCUT2D eigenvalue weighted by Crippen LogP contribution is 2.21. The summed E-state index contributed by atoms with van der Waals surface area (Å²) in [6, 6.07) is 5.21. The van der Waals surface area contributed by atoms with Crippen LogP contribution in [0.15, 0.2) is 24.3 Å². The molecular weight excluding hydrogens is 186 g/mol. The zero-order chi connectivity index (χ0) is 10.1. The third kappa shape index (κ3) is 1.39. The van der Waals surface area contributed by atoms with Crippen LogP contribution in [0.2, 0.25) is 0 Å². The second kappa shape index (κ2) is 3.02. The van der Waals surface area contributed by atoms with Crippen molar-refractivity contribution >= 4 is 12.1 Å². The van der Waals surface area contributed by atoms with E-state index in [0.717, 1.165) is 0 Å². The van der Waals surface area contributed by atoms with E-state index in [1.165, 1.54) is 12.1 Å². The van der Waals surface area contributed by atoms with Gasteiger partial charge in [0.2, 0.25) is 0 Å². The predicted molar refractivity (Wildman–Crippen MR) is 45.5 cm³/mol. The summed E-state index contributed by atoms with van der Waals surface area (Å²) in [6.45, 7) is 0. The van der Waals surface area contributed by atoms with E-state index in [1.807, 2.05) is 0 Å². The first-order valence-corrected chi connectivity index (χ1v) is 3.98. The van der Waals surface area contributed by atoms with Gasteiger partial charge in [-0.1, -0.05) is 12.1 Å². The summed E-state index contributed by atoms with van der Waals surface area (Å²) < 4.78 is 4.31. The third-order valence-corrected chi connectivity index (χ3v) is 1.92. The Balaban J connectivity index is 2.27. The maximum Gasteiger partial charge on any atom is 0.415 e. The van der Waals surface area contributed by atoms with Gasteiger partial charge in [-0.25, -0.2) is 9.59 Å². The molecule has 0 aliphatic carbocycles. The Morgan fingerprint density at radius 1 is 1.21 bits per heavy atom. The second-order valence-electron chi connectivity index (χ2n) is 2.88. The number of aromatic hydroxyl groups is 1. The third-order valence-electron chi connectivity index (χ3n) is 1.92. The molecule has 1 aromatic carbocycles. The van der Waals surface area contributed by atoms with Gasteiger partial charge < -0.3 is 15.2 Å². The quantitative estimate of drug-likeness (QED) is 0.508. The van der Waals surface area contributed by atoms with Gasteiger partial charge in [0.05, 0.1) is 0 Å². The lowest BCUT2D eigenvalue weighted by Crippen LogP contribution is -2.19. The average molecular weight is 193 g/mol. The van der Waals surface area contributed by atoms with Crippen molar-refractivity contribution in [2.45, 2.75) is 6.04 Å². The fourth-order valence-electron chi connectivity index (χ4n) is 1.24. The number of benzene rings is 1. The van der Waals surface area contributed by atoms with Crippen molar-refractivity contribution in [1.82, 2.24) is 5.32 Å². The van der Waals surface area contributed by atoms with E-state index in [2.05, 4.69) is 10.1 Å². The largest absolute Gasteiger partial charge is 0.508 e. The summed E-state index contributed by atoms with van der Waals surface area (Å²) in [5, 5.41) is 11.4. The van der Waals surface area contributed by atoms with E-state index >= 15 is 0 Å². The summed E-state index contributed by atoms with van der Waals surface area (Å²) in [4.78, 5) is 21.8. The Kier molecular flexibility index (Phi) is 1.85. The first-order chi connectivity index (χ1) is 6.66.